The van der Waals surface area contributed by atoms with Gasteiger partial charge in [-0.1, -0.05) is 0 Å². The molecule has 0 spiro atoms. The zero-order valence-corrected chi connectivity index (χ0v) is 14.6. The minimum atomic E-state index is 0.241. The molecule has 8 heteroatoms. The lowest BCUT2D eigenvalue weighted by atomic mass is 10.2. The third-order valence-electron chi connectivity index (χ3n) is 3.76. The van der Waals surface area contributed by atoms with Crippen molar-refractivity contribution in [2.45, 2.75) is 56.1 Å². The van der Waals surface area contributed by atoms with Crippen LogP contribution in [0.4, 0.5) is 0 Å². The maximum absolute atomic E-state index is 5.77. The number of ether oxygens (including phenoxy) is 1. The summed E-state index contributed by atoms with van der Waals surface area (Å²) in [6, 6.07) is 0. The van der Waals surface area contributed by atoms with Gasteiger partial charge in [-0.3, -0.25) is 4.98 Å². The molecule has 124 valence electrons. The van der Waals surface area contributed by atoms with Crippen LogP contribution >= 0.6 is 11.8 Å². The summed E-state index contributed by atoms with van der Waals surface area (Å²) in [7, 11) is 1.91. The van der Waals surface area contributed by atoms with Crippen LogP contribution in [0.3, 0.4) is 0 Å². The van der Waals surface area contributed by atoms with E-state index in [1.165, 1.54) is 11.8 Å². The highest BCUT2D eigenvalue weighted by atomic mass is 32.2. The standard InChI is InChI=1S/C15H22N6OS/c1-10-7-17-11(2)14(18-10)23-15-20-19-13(8-16-3)21(15)9-12-5-4-6-22-12/h7,12,16H,4-6,8-9H2,1-3H3/t12-/m1/s1. The summed E-state index contributed by atoms with van der Waals surface area (Å²) < 4.78 is 7.91. The number of aromatic nitrogens is 5. The second kappa shape index (κ2) is 7.37. The Morgan fingerprint density at radius 1 is 1.39 bits per heavy atom. The number of aryl methyl sites for hydroxylation is 2. The Labute approximate surface area is 140 Å². The largest absolute Gasteiger partial charge is 0.376 e. The molecule has 2 aromatic heterocycles. The van der Waals surface area contributed by atoms with Gasteiger partial charge in [-0.2, -0.15) is 0 Å². The van der Waals surface area contributed by atoms with Crippen molar-refractivity contribution >= 4 is 11.8 Å². The molecule has 3 heterocycles. The van der Waals surface area contributed by atoms with Gasteiger partial charge in [0.25, 0.3) is 0 Å². The molecule has 3 rings (SSSR count). The third kappa shape index (κ3) is 3.88. The highest BCUT2D eigenvalue weighted by Gasteiger charge is 2.21. The molecule has 0 radical (unpaired) electrons. The van der Waals surface area contributed by atoms with Crippen LogP contribution in [0.15, 0.2) is 16.4 Å². The van der Waals surface area contributed by atoms with Gasteiger partial charge >= 0.3 is 0 Å². The summed E-state index contributed by atoms with van der Waals surface area (Å²) in [5, 5.41) is 13.5. The van der Waals surface area contributed by atoms with E-state index in [1.54, 1.807) is 6.20 Å². The van der Waals surface area contributed by atoms with Crippen molar-refractivity contribution in [3.63, 3.8) is 0 Å². The highest BCUT2D eigenvalue weighted by molar-refractivity contribution is 7.99. The number of nitrogens with zero attached hydrogens (tertiary/aromatic N) is 5. The normalized spacial score (nSPS) is 17.8. The molecule has 0 amide bonds. The van der Waals surface area contributed by atoms with Crippen LogP contribution in [0.2, 0.25) is 0 Å². The fourth-order valence-corrected chi connectivity index (χ4v) is 3.49. The van der Waals surface area contributed by atoms with Crippen LogP contribution in [-0.2, 0) is 17.8 Å². The van der Waals surface area contributed by atoms with Gasteiger partial charge in [0, 0.05) is 12.8 Å². The fraction of sp³-hybridized carbons (Fsp3) is 0.600. The van der Waals surface area contributed by atoms with E-state index < -0.39 is 0 Å². The van der Waals surface area contributed by atoms with Crippen LogP contribution in [0.25, 0.3) is 0 Å². The van der Waals surface area contributed by atoms with Gasteiger partial charge in [0.1, 0.15) is 10.9 Å². The average Bonchev–Trinajstić information content (AvgIpc) is 3.16. The molecule has 0 bridgehead atoms. The van der Waals surface area contributed by atoms with Gasteiger partial charge < -0.3 is 14.6 Å². The summed E-state index contributed by atoms with van der Waals surface area (Å²) in [6.07, 6.45) is 4.23. The van der Waals surface area contributed by atoms with Gasteiger partial charge in [-0.05, 0) is 45.5 Å². The molecule has 1 atom stereocenters. The van der Waals surface area contributed by atoms with Crippen LogP contribution in [0.1, 0.15) is 30.1 Å². The van der Waals surface area contributed by atoms with Crippen molar-refractivity contribution in [2.75, 3.05) is 13.7 Å². The maximum atomic E-state index is 5.77. The Bertz CT molecular complexity index is 668. The highest BCUT2D eigenvalue weighted by Crippen LogP contribution is 2.28. The van der Waals surface area contributed by atoms with Crippen molar-refractivity contribution in [3.8, 4) is 0 Å². The quantitative estimate of drug-likeness (QED) is 0.862. The molecule has 2 aromatic rings. The first-order valence-electron chi connectivity index (χ1n) is 7.83. The van der Waals surface area contributed by atoms with E-state index in [2.05, 4.69) is 30.0 Å². The fourth-order valence-electron chi connectivity index (χ4n) is 2.56. The third-order valence-corrected chi connectivity index (χ3v) is 4.82. The van der Waals surface area contributed by atoms with Gasteiger partial charge in [0.05, 0.1) is 30.6 Å². The minimum Gasteiger partial charge on any atom is -0.376 e. The topological polar surface area (TPSA) is 77.8 Å². The van der Waals surface area contributed by atoms with Gasteiger partial charge in [0.2, 0.25) is 0 Å². The average molecular weight is 334 g/mol. The molecule has 1 fully saturated rings. The Balaban J connectivity index is 1.86. The first-order chi connectivity index (χ1) is 11.2. The number of rotatable bonds is 6. The first kappa shape index (κ1) is 16.4. The lowest BCUT2D eigenvalue weighted by Gasteiger charge is -2.14. The lowest BCUT2D eigenvalue weighted by molar-refractivity contribution is 0.0941. The van der Waals surface area contributed by atoms with Crippen molar-refractivity contribution in [1.82, 2.24) is 30.0 Å². The van der Waals surface area contributed by atoms with Crippen LogP contribution in [0, 0.1) is 13.8 Å². The molecule has 0 unspecified atom stereocenters. The summed E-state index contributed by atoms with van der Waals surface area (Å²) in [5.41, 5.74) is 1.81. The molecular weight excluding hydrogens is 312 g/mol. The van der Waals surface area contributed by atoms with E-state index in [0.29, 0.717) is 6.54 Å². The van der Waals surface area contributed by atoms with E-state index >= 15 is 0 Å². The SMILES string of the molecule is CNCc1nnc(Sc2nc(C)cnc2C)n1C[C@H]1CCCO1. The molecule has 1 N–H and O–H groups in total. The van der Waals surface area contributed by atoms with E-state index in [4.69, 9.17) is 4.74 Å². The van der Waals surface area contributed by atoms with E-state index in [9.17, 15) is 0 Å². The smallest absolute Gasteiger partial charge is 0.197 e. The Hall–Kier alpha value is -1.51. The van der Waals surface area contributed by atoms with Crippen LogP contribution in [0.5, 0.6) is 0 Å². The zero-order valence-electron chi connectivity index (χ0n) is 13.7. The van der Waals surface area contributed by atoms with E-state index in [-0.39, 0.29) is 6.10 Å². The molecule has 23 heavy (non-hydrogen) atoms. The Morgan fingerprint density at radius 3 is 3.00 bits per heavy atom. The predicted octanol–water partition coefficient (Wildman–Crippen LogP) is 1.73. The number of hydrogen-bond acceptors (Lipinski definition) is 7. The summed E-state index contributed by atoms with van der Waals surface area (Å²) in [4.78, 5) is 8.94. The molecule has 1 saturated heterocycles. The van der Waals surface area contributed by atoms with Crippen molar-refractivity contribution in [3.05, 3.63) is 23.4 Å². The van der Waals surface area contributed by atoms with Gasteiger partial charge in [0.15, 0.2) is 5.16 Å². The second-order valence-corrected chi connectivity index (χ2v) is 6.63. The molecule has 0 aliphatic carbocycles. The summed E-state index contributed by atoms with van der Waals surface area (Å²) in [6.45, 7) is 6.21. The van der Waals surface area contributed by atoms with Crippen molar-refractivity contribution < 1.29 is 4.74 Å². The molecule has 0 aromatic carbocycles. The number of hydrogen-bond donors (Lipinski definition) is 1. The molecule has 0 saturated carbocycles. The minimum absolute atomic E-state index is 0.241. The molecule has 1 aliphatic rings. The predicted molar refractivity (Wildman–Crippen MR) is 87.4 cm³/mol. The van der Waals surface area contributed by atoms with Gasteiger partial charge in [-0.25, -0.2) is 4.98 Å². The van der Waals surface area contributed by atoms with Crippen LogP contribution < -0.4 is 5.32 Å². The van der Waals surface area contributed by atoms with Crippen molar-refractivity contribution in [1.29, 1.82) is 0 Å². The summed E-state index contributed by atoms with van der Waals surface area (Å²) >= 11 is 1.52. The number of nitrogens with one attached hydrogen (secondary N) is 1. The lowest BCUT2D eigenvalue weighted by Crippen LogP contribution is -2.20. The summed E-state index contributed by atoms with van der Waals surface area (Å²) in [5.74, 6) is 0.920. The maximum Gasteiger partial charge on any atom is 0.197 e. The van der Waals surface area contributed by atoms with Gasteiger partial charge in [-0.15, -0.1) is 10.2 Å². The van der Waals surface area contributed by atoms with Crippen molar-refractivity contribution in [2.24, 2.45) is 0 Å². The Morgan fingerprint density at radius 2 is 2.26 bits per heavy atom. The monoisotopic (exact) mass is 334 g/mol. The van der Waals surface area contributed by atoms with E-state index in [0.717, 1.165) is 53.4 Å². The Kier molecular flexibility index (Phi) is 5.24. The first-order valence-corrected chi connectivity index (χ1v) is 8.65. The van der Waals surface area contributed by atoms with Crippen LogP contribution in [-0.4, -0.2) is 44.5 Å². The second-order valence-electron chi connectivity index (χ2n) is 5.68. The van der Waals surface area contributed by atoms with E-state index in [1.807, 2.05) is 20.9 Å². The molecule has 1 aliphatic heterocycles. The zero-order chi connectivity index (χ0) is 16.2. The molecular formula is C15H22N6OS. The molecule has 7 nitrogen and oxygen atoms in total.